The molecule has 0 amide bonds. The summed E-state index contributed by atoms with van der Waals surface area (Å²) in [5, 5.41) is 9.37. The Morgan fingerprint density at radius 1 is 0.880 bits per heavy atom. The Hall–Kier alpha value is -2.98. The van der Waals surface area contributed by atoms with Gasteiger partial charge >= 0.3 is 0 Å². The normalized spacial score (nSPS) is 11.4. The number of hydrogen-bond donors (Lipinski definition) is 0. The standard InChI is InChI=1S/C20H15ClN4/c1-14-9-11-15(12-10-14)19-20(25-13-5-4-8-18(25)22-19)24-23-17-7-3-2-6-16(17)21/h2-13H,1H3. The SMILES string of the molecule is Cc1ccc(-c2nc3ccccn3c2N=Nc2ccccc2Cl)cc1. The number of fused-ring (bicyclic) bond motifs is 1. The van der Waals surface area contributed by atoms with Gasteiger partial charge in [0.1, 0.15) is 17.0 Å². The monoisotopic (exact) mass is 346 g/mol. The van der Waals surface area contributed by atoms with Crippen LogP contribution in [0.1, 0.15) is 5.56 Å². The van der Waals surface area contributed by atoms with E-state index in [4.69, 9.17) is 16.6 Å². The highest BCUT2D eigenvalue weighted by Gasteiger charge is 2.13. The summed E-state index contributed by atoms with van der Waals surface area (Å²) in [6.07, 6.45) is 1.93. The van der Waals surface area contributed by atoms with Crippen molar-refractivity contribution in [3.63, 3.8) is 0 Å². The van der Waals surface area contributed by atoms with E-state index in [-0.39, 0.29) is 0 Å². The van der Waals surface area contributed by atoms with Crippen molar-refractivity contribution in [2.75, 3.05) is 0 Å². The number of aromatic nitrogens is 2. The topological polar surface area (TPSA) is 42.0 Å². The van der Waals surface area contributed by atoms with Crippen LogP contribution in [-0.4, -0.2) is 9.38 Å². The maximum atomic E-state index is 6.18. The van der Waals surface area contributed by atoms with Crippen molar-refractivity contribution in [2.45, 2.75) is 6.92 Å². The summed E-state index contributed by atoms with van der Waals surface area (Å²) in [5.74, 6) is 0.680. The maximum absolute atomic E-state index is 6.18. The molecule has 0 bridgehead atoms. The van der Waals surface area contributed by atoms with Crippen LogP contribution >= 0.6 is 11.6 Å². The third-order valence-electron chi connectivity index (χ3n) is 3.93. The first kappa shape index (κ1) is 15.5. The molecular formula is C20H15ClN4. The van der Waals surface area contributed by atoms with Crippen LogP contribution in [-0.2, 0) is 0 Å². The van der Waals surface area contributed by atoms with Crippen LogP contribution in [0, 0.1) is 6.92 Å². The first-order valence-electron chi connectivity index (χ1n) is 7.93. The molecule has 5 heteroatoms. The molecule has 0 N–H and O–H groups in total. The average molecular weight is 347 g/mol. The molecule has 0 spiro atoms. The molecule has 0 radical (unpaired) electrons. The number of halogens is 1. The van der Waals surface area contributed by atoms with Crippen molar-refractivity contribution in [3.05, 3.63) is 83.5 Å². The quantitative estimate of drug-likeness (QED) is 0.397. The molecule has 4 nitrogen and oxygen atoms in total. The zero-order valence-electron chi connectivity index (χ0n) is 13.6. The Kier molecular flexibility index (Phi) is 4.04. The molecular weight excluding hydrogens is 332 g/mol. The number of aryl methyl sites for hydroxylation is 1. The van der Waals surface area contributed by atoms with Crippen molar-refractivity contribution in [3.8, 4) is 11.3 Å². The minimum atomic E-state index is 0.567. The second kappa shape index (κ2) is 6.49. The van der Waals surface area contributed by atoms with Gasteiger partial charge in [-0.15, -0.1) is 10.2 Å². The van der Waals surface area contributed by atoms with Gasteiger partial charge in [0, 0.05) is 11.8 Å². The lowest BCUT2D eigenvalue weighted by Gasteiger charge is -2.01. The first-order chi connectivity index (χ1) is 12.2. The highest BCUT2D eigenvalue weighted by Crippen LogP contribution is 2.33. The molecule has 0 atom stereocenters. The fraction of sp³-hybridized carbons (Fsp3) is 0.0500. The van der Waals surface area contributed by atoms with E-state index in [9.17, 15) is 0 Å². The molecule has 122 valence electrons. The number of imidazole rings is 1. The Balaban J connectivity index is 1.88. The van der Waals surface area contributed by atoms with Gasteiger partial charge in [0.2, 0.25) is 0 Å². The van der Waals surface area contributed by atoms with Crippen molar-refractivity contribution >= 4 is 28.8 Å². The predicted octanol–water partition coefficient (Wildman–Crippen LogP) is 6.38. The highest BCUT2D eigenvalue weighted by atomic mass is 35.5. The molecule has 25 heavy (non-hydrogen) atoms. The number of rotatable bonds is 3. The van der Waals surface area contributed by atoms with E-state index in [1.807, 2.05) is 59.1 Å². The van der Waals surface area contributed by atoms with Crippen LogP contribution in [0.4, 0.5) is 11.5 Å². The summed E-state index contributed by atoms with van der Waals surface area (Å²) in [7, 11) is 0. The number of pyridine rings is 1. The minimum Gasteiger partial charge on any atom is -0.283 e. The van der Waals surface area contributed by atoms with E-state index in [0.29, 0.717) is 16.5 Å². The zero-order valence-corrected chi connectivity index (χ0v) is 14.4. The molecule has 2 aromatic carbocycles. The van der Waals surface area contributed by atoms with Crippen LogP contribution < -0.4 is 0 Å². The summed E-state index contributed by atoms with van der Waals surface area (Å²) < 4.78 is 1.93. The van der Waals surface area contributed by atoms with E-state index in [2.05, 4.69) is 29.3 Å². The third-order valence-corrected chi connectivity index (χ3v) is 4.25. The first-order valence-corrected chi connectivity index (χ1v) is 8.30. The molecule has 0 aliphatic heterocycles. The molecule has 0 aliphatic rings. The molecule has 2 aromatic heterocycles. The smallest absolute Gasteiger partial charge is 0.187 e. The third kappa shape index (κ3) is 3.04. The van der Waals surface area contributed by atoms with Gasteiger partial charge in [-0.2, -0.15) is 0 Å². The van der Waals surface area contributed by atoms with E-state index in [1.165, 1.54) is 5.56 Å². The summed E-state index contributed by atoms with van der Waals surface area (Å²) >= 11 is 6.18. The van der Waals surface area contributed by atoms with Crippen molar-refractivity contribution < 1.29 is 0 Å². The Morgan fingerprint density at radius 2 is 1.64 bits per heavy atom. The van der Waals surface area contributed by atoms with Gasteiger partial charge in [-0.05, 0) is 31.2 Å². The van der Waals surface area contributed by atoms with Crippen molar-refractivity contribution in [2.24, 2.45) is 10.2 Å². The second-order valence-electron chi connectivity index (χ2n) is 5.73. The fourth-order valence-electron chi connectivity index (χ4n) is 2.62. The molecule has 4 aromatic rings. The van der Waals surface area contributed by atoms with Crippen LogP contribution in [0.25, 0.3) is 16.9 Å². The summed E-state index contributed by atoms with van der Waals surface area (Å²) in [6, 6.07) is 21.5. The van der Waals surface area contributed by atoms with Gasteiger partial charge in [0.25, 0.3) is 0 Å². The number of nitrogens with zero attached hydrogens (tertiary/aromatic N) is 4. The highest BCUT2D eigenvalue weighted by molar-refractivity contribution is 6.32. The lowest BCUT2D eigenvalue weighted by molar-refractivity contribution is 1.11. The number of azo groups is 1. The van der Waals surface area contributed by atoms with E-state index >= 15 is 0 Å². The summed E-state index contributed by atoms with van der Waals surface area (Å²) in [6.45, 7) is 2.06. The molecule has 4 rings (SSSR count). The molecule has 0 aliphatic carbocycles. The van der Waals surface area contributed by atoms with E-state index < -0.39 is 0 Å². The van der Waals surface area contributed by atoms with Crippen molar-refractivity contribution in [1.29, 1.82) is 0 Å². The second-order valence-corrected chi connectivity index (χ2v) is 6.14. The van der Waals surface area contributed by atoms with Gasteiger partial charge < -0.3 is 0 Å². The summed E-state index contributed by atoms with van der Waals surface area (Å²) in [4.78, 5) is 4.72. The molecule has 0 fully saturated rings. The average Bonchev–Trinajstić information content (AvgIpc) is 3.00. The lowest BCUT2D eigenvalue weighted by Crippen LogP contribution is -1.82. The zero-order chi connectivity index (χ0) is 17.2. The van der Waals surface area contributed by atoms with E-state index in [1.54, 1.807) is 6.07 Å². The Bertz CT molecular complexity index is 1060. The molecule has 0 saturated heterocycles. The summed E-state index contributed by atoms with van der Waals surface area (Å²) in [5.41, 5.74) is 4.45. The minimum absolute atomic E-state index is 0.567. The van der Waals surface area contributed by atoms with E-state index in [0.717, 1.165) is 16.9 Å². The van der Waals surface area contributed by atoms with Gasteiger partial charge in [-0.3, -0.25) is 4.40 Å². The fourth-order valence-corrected chi connectivity index (χ4v) is 2.79. The largest absolute Gasteiger partial charge is 0.283 e. The molecule has 0 saturated carbocycles. The van der Waals surface area contributed by atoms with Gasteiger partial charge in [-0.25, -0.2) is 4.98 Å². The predicted molar refractivity (Wildman–Crippen MR) is 101 cm³/mol. The Morgan fingerprint density at radius 3 is 2.44 bits per heavy atom. The number of benzene rings is 2. The van der Waals surface area contributed by atoms with Gasteiger partial charge in [-0.1, -0.05) is 59.6 Å². The molecule has 2 heterocycles. The van der Waals surface area contributed by atoms with Gasteiger partial charge in [0.05, 0.1) is 5.02 Å². The van der Waals surface area contributed by atoms with Crippen LogP contribution in [0.15, 0.2) is 83.2 Å². The van der Waals surface area contributed by atoms with Crippen molar-refractivity contribution in [1.82, 2.24) is 9.38 Å². The molecule has 0 unspecified atom stereocenters. The Labute approximate surface area is 150 Å². The maximum Gasteiger partial charge on any atom is 0.187 e. The lowest BCUT2D eigenvalue weighted by atomic mass is 10.1. The van der Waals surface area contributed by atoms with Crippen LogP contribution in [0.2, 0.25) is 5.02 Å². The van der Waals surface area contributed by atoms with Crippen LogP contribution in [0.5, 0.6) is 0 Å². The van der Waals surface area contributed by atoms with Crippen LogP contribution in [0.3, 0.4) is 0 Å². The van der Waals surface area contributed by atoms with Gasteiger partial charge in [0.15, 0.2) is 5.82 Å². The number of hydrogen-bond acceptors (Lipinski definition) is 3.